The van der Waals surface area contributed by atoms with Gasteiger partial charge in [0.25, 0.3) is 0 Å². The number of benzene rings is 2. The zero-order valence-corrected chi connectivity index (χ0v) is 12.5. The molecule has 1 aliphatic rings. The average molecular weight is 314 g/mol. The van der Waals surface area contributed by atoms with Gasteiger partial charge in [-0.3, -0.25) is 0 Å². The number of ether oxygens (including phenoxy) is 2. The molecule has 0 fully saturated rings. The first-order valence-corrected chi connectivity index (χ1v) is 6.96. The van der Waals surface area contributed by atoms with Crippen molar-refractivity contribution in [2.24, 2.45) is 4.99 Å². The summed E-state index contributed by atoms with van der Waals surface area (Å²) in [7, 11) is 1.55. The Morgan fingerprint density at radius 1 is 1.18 bits per heavy atom. The topological polar surface area (TPSA) is 47.9 Å². The van der Waals surface area contributed by atoms with Gasteiger partial charge in [0, 0.05) is 0 Å². The molecule has 0 atom stereocenters. The fraction of sp³-hybridized carbons (Fsp3) is 0.0588. The van der Waals surface area contributed by atoms with Crippen LogP contribution in [-0.2, 0) is 9.53 Å². The molecule has 0 saturated carbocycles. The third kappa shape index (κ3) is 2.87. The Balaban J connectivity index is 1.95. The lowest BCUT2D eigenvalue weighted by Gasteiger charge is -2.05. The minimum Gasteiger partial charge on any atom is -0.497 e. The molecule has 0 spiro atoms. The van der Waals surface area contributed by atoms with Gasteiger partial charge in [0.05, 0.1) is 17.7 Å². The van der Waals surface area contributed by atoms with E-state index in [0.717, 1.165) is 5.56 Å². The summed E-state index contributed by atoms with van der Waals surface area (Å²) in [4.78, 5) is 16.2. The molecule has 0 amide bonds. The molecular formula is C17H12ClNO3. The molecule has 1 heterocycles. The zero-order chi connectivity index (χ0) is 15.5. The van der Waals surface area contributed by atoms with Crippen molar-refractivity contribution in [3.05, 3.63) is 70.4 Å². The first kappa shape index (κ1) is 14.4. The van der Waals surface area contributed by atoms with E-state index in [0.29, 0.717) is 16.3 Å². The van der Waals surface area contributed by atoms with Gasteiger partial charge in [-0.15, -0.1) is 0 Å². The Morgan fingerprint density at radius 3 is 2.64 bits per heavy atom. The molecule has 0 bridgehead atoms. The van der Waals surface area contributed by atoms with Crippen molar-refractivity contribution in [2.45, 2.75) is 0 Å². The maximum Gasteiger partial charge on any atom is 0.363 e. The van der Waals surface area contributed by atoms with Crippen LogP contribution in [0.3, 0.4) is 0 Å². The number of esters is 1. The summed E-state index contributed by atoms with van der Waals surface area (Å²) in [6.45, 7) is 0. The van der Waals surface area contributed by atoms with Gasteiger partial charge in [0.1, 0.15) is 5.75 Å². The highest BCUT2D eigenvalue weighted by Gasteiger charge is 2.25. The highest BCUT2D eigenvalue weighted by molar-refractivity contribution is 6.34. The van der Waals surface area contributed by atoms with Gasteiger partial charge in [0.15, 0.2) is 5.70 Å². The first-order chi connectivity index (χ1) is 10.7. The Hall–Kier alpha value is -2.59. The second-order valence-corrected chi connectivity index (χ2v) is 5.00. The van der Waals surface area contributed by atoms with E-state index in [4.69, 9.17) is 21.1 Å². The number of cyclic esters (lactones) is 1. The van der Waals surface area contributed by atoms with Gasteiger partial charge in [0.2, 0.25) is 5.90 Å². The minimum atomic E-state index is -0.495. The molecular weight excluding hydrogens is 302 g/mol. The molecule has 5 heteroatoms. The summed E-state index contributed by atoms with van der Waals surface area (Å²) in [5.74, 6) is 0.323. The lowest BCUT2D eigenvalue weighted by molar-refractivity contribution is -0.129. The van der Waals surface area contributed by atoms with Crippen molar-refractivity contribution in [3.8, 4) is 5.75 Å². The molecule has 0 unspecified atom stereocenters. The van der Waals surface area contributed by atoms with Gasteiger partial charge in [-0.2, -0.15) is 0 Å². The van der Waals surface area contributed by atoms with Crippen LogP contribution in [0.5, 0.6) is 5.75 Å². The van der Waals surface area contributed by atoms with Crippen LogP contribution in [0.15, 0.2) is 59.2 Å². The Morgan fingerprint density at radius 2 is 1.95 bits per heavy atom. The average Bonchev–Trinajstić information content (AvgIpc) is 2.89. The van der Waals surface area contributed by atoms with Crippen LogP contribution < -0.4 is 4.74 Å². The van der Waals surface area contributed by atoms with Gasteiger partial charge in [-0.05, 0) is 29.8 Å². The summed E-state index contributed by atoms with van der Waals surface area (Å²) in [5.41, 5.74) is 1.67. The Kier molecular flexibility index (Phi) is 3.94. The monoisotopic (exact) mass is 313 g/mol. The molecule has 0 N–H and O–H groups in total. The zero-order valence-electron chi connectivity index (χ0n) is 11.7. The fourth-order valence-corrected chi connectivity index (χ4v) is 2.28. The molecule has 0 aliphatic carbocycles. The van der Waals surface area contributed by atoms with E-state index >= 15 is 0 Å². The SMILES string of the molecule is COc1ccc(C2=N/C(=C\c3ccccc3)C(=O)O2)c(Cl)c1. The van der Waals surface area contributed by atoms with Crippen LogP contribution in [0.2, 0.25) is 5.02 Å². The maximum atomic E-state index is 11.9. The van der Waals surface area contributed by atoms with E-state index in [1.54, 1.807) is 31.4 Å². The number of halogens is 1. The number of carbonyl (C=O) groups is 1. The summed E-state index contributed by atoms with van der Waals surface area (Å²) < 4.78 is 10.3. The number of methoxy groups -OCH3 is 1. The second-order valence-electron chi connectivity index (χ2n) is 4.59. The molecule has 110 valence electrons. The maximum absolute atomic E-state index is 11.9. The van der Waals surface area contributed by atoms with Crippen LogP contribution in [-0.4, -0.2) is 19.0 Å². The molecule has 2 aromatic carbocycles. The largest absolute Gasteiger partial charge is 0.497 e. The van der Waals surface area contributed by atoms with Crippen LogP contribution in [0, 0.1) is 0 Å². The summed E-state index contributed by atoms with van der Waals surface area (Å²) in [6.07, 6.45) is 1.67. The molecule has 4 nitrogen and oxygen atoms in total. The van der Waals surface area contributed by atoms with Crippen LogP contribution in [0.1, 0.15) is 11.1 Å². The molecule has 22 heavy (non-hydrogen) atoms. The highest BCUT2D eigenvalue weighted by atomic mass is 35.5. The molecule has 0 saturated heterocycles. The number of aliphatic imine (C=N–C) groups is 1. The molecule has 0 aromatic heterocycles. The van der Waals surface area contributed by atoms with Crippen molar-refractivity contribution in [1.29, 1.82) is 0 Å². The molecule has 1 aliphatic heterocycles. The van der Waals surface area contributed by atoms with Gasteiger partial charge >= 0.3 is 5.97 Å². The number of carbonyl (C=O) groups excluding carboxylic acids is 1. The second kappa shape index (κ2) is 6.03. The highest BCUT2D eigenvalue weighted by Crippen LogP contribution is 2.27. The van der Waals surface area contributed by atoms with Crippen molar-refractivity contribution in [3.63, 3.8) is 0 Å². The van der Waals surface area contributed by atoms with E-state index < -0.39 is 5.97 Å². The number of rotatable bonds is 3. The Bertz CT molecular complexity index is 782. The normalized spacial score (nSPS) is 15.6. The smallest absolute Gasteiger partial charge is 0.363 e. The van der Waals surface area contributed by atoms with Crippen LogP contribution in [0.4, 0.5) is 0 Å². The van der Waals surface area contributed by atoms with Crippen molar-refractivity contribution in [1.82, 2.24) is 0 Å². The number of hydrogen-bond acceptors (Lipinski definition) is 4. The standard InChI is InChI=1S/C17H12ClNO3/c1-21-12-7-8-13(14(18)10-12)16-19-15(17(20)22-16)9-11-5-3-2-4-6-11/h2-10H,1H3/b15-9-. The van der Waals surface area contributed by atoms with E-state index in [9.17, 15) is 4.79 Å². The fourth-order valence-electron chi connectivity index (χ4n) is 2.03. The van der Waals surface area contributed by atoms with E-state index in [1.165, 1.54) is 0 Å². The summed E-state index contributed by atoms with van der Waals surface area (Å²) in [5, 5.41) is 0.409. The Labute approximate surface area is 132 Å². The van der Waals surface area contributed by atoms with Crippen molar-refractivity contribution >= 4 is 29.5 Å². The molecule has 2 aromatic rings. The van der Waals surface area contributed by atoms with E-state index in [2.05, 4.69) is 4.99 Å². The van der Waals surface area contributed by atoms with Crippen molar-refractivity contribution < 1.29 is 14.3 Å². The summed E-state index contributed by atoms with van der Waals surface area (Å²) >= 11 is 6.17. The lowest BCUT2D eigenvalue weighted by atomic mass is 10.2. The third-order valence-electron chi connectivity index (χ3n) is 3.13. The van der Waals surface area contributed by atoms with Gasteiger partial charge < -0.3 is 9.47 Å². The van der Waals surface area contributed by atoms with Crippen LogP contribution >= 0.6 is 11.6 Å². The molecule has 3 rings (SSSR count). The van der Waals surface area contributed by atoms with Gasteiger partial charge in [-0.25, -0.2) is 9.79 Å². The third-order valence-corrected chi connectivity index (χ3v) is 3.44. The number of hydrogen-bond donors (Lipinski definition) is 0. The van der Waals surface area contributed by atoms with E-state index in [-0.39, 0.29) is 11.6 Å². The minimum absolute atomic E-state index is 0.194. The summed E-state index contributed by atoms with van der Waals surface area (Å²) in [6, 6.07) is 14.5. The quantitative estimate of drug-likeness (QED) is 0.641. The van der Waals surface area contributed by atoms with Gasteiger partial charge in [-0.1, -0.05) is 41.9 Å². The lowest BCUT2D eigenvalue weighted by Crippen LogP contribution is -2.06. The predicted molar refractivity (Wildman–Crippen MR) is 85.1 cm³/mol. The molecule has 0 radical (unpaired) electrons. The number of nitrogens with zero attached hydrogens (tertiary/aromatic N) is 1. The predicted octanol–water partition coefficient (Wildman–Crippen LogP) is 3.69. The van der Waals surface area contributed by atoms with Crippen LogP contribution in [0.25, 0.3) is 6.08 Å². The van der Waals surface area contributed by atoms with Crippen molar-refractivity contribution in [2.75, 3.05) is 7.11 Å². The first-order valence-electron chi connectivity index (χ1n) is 6.59. The van der Waals surface area contributed by atoms with E-state index in [1.807, 2.05) is 30.3 Å².